The lowest BCUT2D eigenvalue weighted by molar-refractivity contribution is 0.511. The molecule has 0 amide bonds. The molecular formula is C11H17ClN2. The van der Waals surface area contributed by atoms with Crippen LogP contribution in [-0.4, -0.2) is 12.6 Å². The van der Waals surface area contributed by atoms with Crippen molar-refractivity contribution in [2.24, 2.45) is 11.7 Å². The molecule has 0 aliphatic heterocycles. The van der Waals surface area contributed by atoms with Gasteiger partial charge in [-0.1, -0.05) is 31.5 Å². The minimum atomic E-state index is 0.175. The SMILES string of the molecule is CC(C)C(N)CNc1cccc(Cl)c1. The second kappa shape index (κ2) is 5.23. The molecule has 0 aliphatic rings. The highest BCUT2D eigenvalue weighted by molar-refractivity contribution is 6.30. The van der Waals surface area contributed by atoms with Crippen LogP contribution in [0, 0.1) is 5.92 Å². The molecule has 78 valence electrons. The molecule has 0 bridgehead atoms. The van der Waals surface area contributed by atoms with E-state index in [4.69, 9.17) is 17.3 Å². The number of halogens is 1. The van der Waals surface area contributed by atoms with Gasteiger partial charge in [0.1, 0.15) is 0 Å². The highest BCUT2D eigenvalue weighted by Crippen LogP contribution is 2.14. The predicted molar refractivity (Wildman–Crippen MR) is 62.8 cm³/mol. The van der Waals surface area contributed by atoms with Crippen molar-refractivity contribution >= 4 is 17.3 Å². The Hall–Kier alpha value is -0.730. The van der Waals surface area contributed by atoms with E-state index >= 15 is 0 Å². The van der Waals surface area contributed by atoms with Gasteiger partial charge in [0.2, 0.25) is 0 Å². The third-order valence-corrected chi connectivity index (χ3v) is 2.46. The van der Waals surface area contributed by atoms with Crippen LogP contribution in [0.5, 0.6) is 0 Å². The molecule has 0 saturated heterocycles. The fourth-order valence-electron chi connectivity index (χ4n) is 1.07. The Bertz CT molecular complexity index is 286. The van der Waals surface area contributed by atoms with Gasteiger partial charge in [0, 0.05) is 23.3 Å². The van der Waals surface area contributed by atoms with Crippen LogP contribution in [0.15, 0.2) is 24.3 Å². The maximum absolute atomic E-state index is 5.91. The van der Waals surface area contributed by atoms with Crippen molar-refractivity contribution in [3.8, 4) is 0 Å². The standard InChI is InChI=1S/C11H17ClN2/c1-8(2)11(13)7-14-10-5-3-4-9(12)6-10/h3-6,8,11,14H,7,13H2,1-2H3. The second-order valence-corrected chi connectivity index (χ2v) is 4.24. The average Bonchev–Trinajstić information content (AvgIpc) is 2.14. The van der Waals surface area contributed by atoms with Gasteiger partial charge < -0.3 is 11.1 Å². The van der Waals surface area contributed by atoms with Crippen LogP contribution < -0.4 is 11.1 Å². The smallest absolute Gasteiger partial charge is 0.0426 e. The molecule has 0 radical (unpaired) electrons. The summed E-state index contributed by atoms with van der Waals surface area (Å²) >= 11 is 5.85. The van der Waals surface area contributed by atoms with Crippen molar-refractivity contribution in [2.45, 2.75) is 19.9 Å². The molecule has 0 aliphatic carbocycles. The lowest BCUT2D eigenvalue weighted by Crippen LogP contribution is -2.33. The Morgan fingerprint density at radius 1 is 1.43 bits per heavy atom. The lowest BCUT2D eigenvalue weighted by Gasteiger charge is -2.16. The Morgan fingerprint density at radius 2 is 2.14 bits per heavy atom. The molecule has 1 atom stereocenters. The number of benzene rings is 1. The first-order chi connectivity index (χ1) is 6.59. The molecule has 14 heavy (non-hydrogen) atoms. The van der Waals surface area contributed by atoms with Crippen LogP contribution >= 0.6 is 11.6 Å². The minimum Gasteiger partial charge on any atom is -0.383 e. The minimum absolute atomic E-state index is 0.175. The summed E-state index contributed by atoms with van der Waals surface area (Å²) in [5.41, 5.74) is 6.93. The molecule has 2 nitrogen and oxygen atoms in total. The van der Waals surface area contributed by atoms with Crippen molar-refractivity contribution in [1.29, 1.82) is 0 Å². The van der Waals surface area contributed by atoms with Crippen molar-refractivity contribution < 1.29 is 0 Å². The molecule has 1 aromatic rings. The van der Waals surface area contributed by atoms with E-state index in [2.05, 4.69) is 19.2 Å². The van der Waals surface area contributed by atoms with Gasteiger partial charge in [-0.2, -0.15) is 0 Å². The molecular weight excluding hydrogens is 196 g/mol. The highest BCUT2D eigenvalue weighted by atomic mass is 35.5. The summed E-state index contributed by atoms with van der Waals surface area (Å²) in [6.45, 7) is 5.01. The van der Waals surface area contributed by atoms with Crippen LogP contribution in [0.2, 0.25) is 5.02 Å². The maximum atomic E-state index is 5.91. The molecule has 0 heterocycles. The average molecular weight is 213 g/mol. The summed E-state index contributed by atoms with van der Waals surface area (Å²) in [6.07, 6.45) is 0. The number of nitrogens with one attached hydrogen (secondary N) is 1. The Labute approximate surface area is 90.4 Å². The third-order valence-electron chi connectivity index (χ3n) is 2.22. The number of anilines is 1. The van der Waals surface area contributed by atoms with Crippen molar-refractivity contribution in [3.63, 3.8) is 0 Å². The van der Waals surface area contributed by atoms with Crippen molar-refractivity contribution in [3.05, 3.63) is 29.3 Å². The maximum Gasteiger partial charge on any atom is 0.0426 e. The van der Waals surface area contributed by atoms with Gasteiger partial charge in [-0.15, -0.1) is 0 Å². The summed E-state index contributed by atoms with van der Waals surface area (Å²) in [4.78, 5) is 0. The Morgan fingerprint density at radius 3 is 2.71 bits per heavy atom. The van der Waals surface area contributed by atoms with Crippen molar-refractivity contribution in [1.82, 2.24) is 0 Å². The molecule has 1 aromatic carbocycles. The topological polar surface area (TPSA) is 38.0 Å². The molecule has 0 spiro atoms. The van der Waals surface area contributed by atoms with E-state index in [1.165, 1.54) is 0 Å². The Balaban J connectivity index is 2.45. The monoisotopic (exact) mass is 212 g/mol. The quantitative estimate of drug-likeness (QED) is 0.806. The zero-order valence-corrected chi connectivity index (χ0v) is 9.38. The third kappa shape index (κ3) is 3.56. The van der Waals surface area contributed by atoms with Gasteiger partial charge in [-0.25, -0.2) is 0 Å². The first-order valence-corrected chi connectivity index (χ1v) is 5.22. The number of hydrogen-bond acceptors (Lipinski definition) is 2. The summed E-state index contributed by atoms with van der Waals surface area (Å²) in [6, 6.07) is 7.84. The summed E-state index contributed by atoms with van der Waals surface area (Å²) < 4.78 is 0. The largest absolute Gasteiger partial charge is 0.383 e. The zero-order chi connectivity index (χ0) is 10.6. The van der Waals surface area contributed by atoms with Gasteiger partial charge in [0.15, 0.2) is 0 Å². The van der Waals surface area contributed by atoms with Crippen LogP contribution in [0.25, 0.3) is 0 Å². The summed E-state index contributed by atoms with van der Waals surface area (Å²) in [5.74, 6) is 0.488. The van der Waals surface area contributed by atoms with Gasteiger partial charge in [0.05, 0.1) is 0 Å². The first kappa shape index (κ1) is 11.3. The molecule has 3 N–H and O–H groups in total. The first-order valence-electron chi connectivity index (χ1n) is 4.84. The number of hydrogen-bond donors (Lipinski definition) is 2. The van der Waals surface area contributed by atoms with E-state index in [1.807, 2.05) is 24.3 Å². The van der Waals surface area contributed by atoms with E-state index < -0.39 is 0 Å². The van der Waals surface area contributed by atoms with Gasteiger partial charge >= 0.3 is 0 Å². The second-order valence-electron chi connectivity index (χ2n) is 3.80. The molecule has 1 unspecified atom stereocenters. The van der Waals surface area contributed by atoms with Crippen molar-refractivity contribution in [2.75, 3.05) is 11.9 Å². The Kier molecular flexibility index (Phi) is 4.23. The van der Waals surface area contributed by atoms with Crippen LogP contribution in [0.3, 0.4) is 0 Å². The highest BCUT2D eigenvalue weighted by Gasteiger charge is 2.06. The van der Waals surface area contributed by atoms with E-state index in [0.717, 1.165) is 17.3 Å². The summed E-state index contributed by atoms with van der Waals surface area (Å²) in [7, 11) is 0. The molecule has 0 aromatic heterocycles. The van der Waals surface area contributed by atoms with Gasteiger partial charge in [-0.05, 0) is 24.1 Å². The van der Waals surface area contributed by atoms with Crippen LogP contribution in [-0.2, 0) is 0 Å². The normalized spacial score (nSPS) is 12.9. The van der Waals surface area contributed by atoms with E-state index in [9.17, 15) is 0 Å². The number of rotatable bonds is 4. The number of nitrogens with two attached hydrogens (primary N) is 1. The predicted octanol–water partition coefficient (Wildman–Crippen LogP) is 2.74. The molecule has 0 fully saturated rings. The fourth-order valence-corrected chi connectivity index (χ4v) is 1.26. The fraction of sp³-hybridized carbons (Fsp3) is 0.455. The molecule has 1 rings (SSSR count). The zero-order valence-electron chi connectivity index (χ0n) is 8.63. The molecule has 0 saturated carbocycles. The van der Waals surface area contributed by atoms with E-state index in [0.29, 0.717) is 5.92 Å². The lowest BCUT2D eigenvalue weighted by atomic mass is 10.1. The summed E-state index contributed by atoms with van der Waals surface area (Å²) in [5, 5.41) is 4.00. The van der Waals surface area contributed by atoms with Gasteiger partial charge in [0.25, 0.3) is 0 Å². The van der Waals surface area contributed by atoms with Gasteiger partial charge in [-0.3, -0.25) is 0 Å². The van der Waals surface area contributed by atoms with E-state index in [1.54, 1.807) is 0 Å². The van der Waals surface area contributed by atoms with Crippen LogP contribution in [0.4, 0.5) is 5.69 Å². The van der Waals surface area contributed by atoms with Crippen LogP contribution in [0.1, 0.15) is 13.8 Å². The van der Waals surface area contributed by atoms with E-state index in [-0.39, 0.29) is 6.04 Å². The molecule has 3 heteroatoms.